The Morgan fingerprint density at radius 1 is 1.40 bits per heavy atom. The highest BCUT2D eigenvalue weighted by molar-refractivity contribution is 6.30. The number of phenols is 1. The highest BCUT2D eigenvalue weighted by atomic mass is 35.5. The molecule has 25 heavy (non-hydrogen) atoms. The molecule has 2 N–H and O–H groups in total. The maximum Gasteiger partial charge on any atom is 0.315 e. The second-order valence-corrected chi connectivity index (χ2v) is 5.38. The number of methoxy groups -OCH3 is 1. The SMILES string of the molecule is COc1cc(/C=N/NC(=O)Cc2ccc(Cl)cc2)cc([N+](=O)[O-])c1O. The molecule has 8 nitrogen and oxygen atoms in total. The molecule has 130 valence electrons. The van der Waals surface area contributed by atoms with E-state index < -0.39 is 16.4 Å². The molecule has 2 aromatic carbocycles. The Hall–Kier alpha value is -3.13. The maximum absolute atomic E-state index is 11.8. The predicted octanol–water partition coefficient (Wildman–Crippen LogP) is 2.66. The second kappa shape index (κ2) is 8.11. The fourth-order valence-electron chi connectivity index (χ4n) is 1.99. The van der Waals surface area contributed by atoms with Gasteiger partial charge in [0.1, 0.15) is 0 Å². The van der Waals surface area contributed by atoms with Gasteiger partial charge in [0.25, 0.3) is 0 Å². The van der Waals surface area contributed by atoms with Crippen LogP contribution in [0.15, 0.2) is 41.5 Å². The Balaban J connectivity index is 2.06. The van der Waals surface area contributed by atoms with Crippen LogP contribution in [0.1, 0.15) is 11.1 Å². The molecule has 2 aromatic rings. The summed E-state index contributed by atoms with van der Waals surface area (Å²) in [6, 6.07) is 9.27. The number of hydrogen-bond donors (Lipinski definition) is 2. The molecule has 0 bridgehead atoms. The molecule has 0 aliphatic rings. The summed E-state index contributed by atoms with van der Waals surface area (Å²) < 4.78 is 4.88. The quantitative estimate of drug-likeness (QED) is 0.465. The molecule has 0 saturated heterocycles. The second-order valence-electron chi connectivity index (χ2n) is 4.94. The number of nitro groups is 1. The van der Waals surface area contributed by atoms with E-state index in [4.69, 9.17) is 16.3 Å². The number of carbonyl (C=O) groups excluding carboxylic acids is 1. The Morgan fingerprint density at radius 2 is 2.08 bits per heavy atom. The molecule has 1 amide bonds. The molecule has 0 saturated carbocycles. The van der Waals surface area contributed by atoms with Crippen molar-refractivity contribution in [1.82, 2.24) is 5.43 Å². The molecule has 0 aliphatic heterocycles. The van der Waals surface area contributed by atoms with Gasteiger partial charge < -0.3 is 9.84 Å². The molecule has 0 unspecified atom stereocenters. The number of rotatable bonds is 6. The van der Waals surface area contributed by atoms with Crippen molar-refractivity contribution in [2.24, 2.45) is 5.10 Å². The summed E-state index contributed by atoms with van der Waals surface area (Å²) in [6.07, 6.45) is 1.32. The van der Waals surface area contributed by atoms with Crippen molar-refractivity contribution < 1.29 is 19.6 Å². The summed E-state index contributed by atoms with van der Waals surface area (Å²) in [5, 5.41) is 24.9. The Labute approximate surface area is 147 Å². The minimum absolute atomic E-state index is 0.0665. The van der Waals surface area contributed by atoms with Crippen LogP contribution < -0.4 is 10.2 Å². The van der Waals surface area contributed by atoms with Crippen molar-refractivity contribution in [2.45, 2.75) is 6.42 Å². The van der Waals surface area contributed by atoms with Gasteiger partial charge in [0.05, 0.1) is 24.7 Å². The highest BCUT2D eigenvalue weighted by Gasteiger charge is 2.19. The summed E-state index contributed by atoms with van der Waals surface area (Å²) in [5.74, 6) is -1.00. The van der Waals surface area contributed by atoms with Gasteiger partial charge in [-0.25, -0.2) is 5.43 Å². The van der Waals surface area contributed by atoms with Gasteiger partial charge in [-0.05, 0) is 23.8 Å². The lowest BCUT2D eigenvalue weighted by molar-refractivity contribution is -0.386. The van der Waals surface area contributed by atoms with E-state index in [0.29, 0.717) is 5.02 Å². The number of amides is 1. The Morgan fingerprint density at radius 3 is 2.68 bits per heavy atom. The van der Waals surface area contributed by atoms with Gasteiger partial charge >= 0.3 is 5.69 Å². The van der Waals surface area contributed by atoms with Crippen molar-refractivity contribution in [2.75, 3.05) is 7.11 Å². The van der Waals surface area contributed by atoms with Crippen LogP contribution >= 0.6 is 11.6 Å². The highest BCUT2D eigenvalue weighted by Crippen LogP contribution is 2.36. The lowest BCUT2D eigenvalue weighted by atomic mass is 10.1. The van der Waals surface area contributed by atoms with Gasteiger partial charge in [-0.3, -0.25) is 14.9 Å². The fraction of sp³-hybridized carbons (Fsp3) is 0.125. The molecule has 0 spiro atoms. The van der Waals surface area contributed by atoms with Crippen LogP contribution in [0.4, 0.5) is 5.69 Å². The number of hydrogen-bond acceptors (Lipinski definition) is 6. The number of nitrogens with zero attached hydrogens (tertiary/aromatic N) is 2. The van der Waals surface area contributed by atoms with Gasteiger partial charge in [0.15, 0.2) is 5.75 Å². The zero-order valence-corrected chi connectivity index (χ0v) is 13.9. The smallest absolute Gasteiger partial charge is 0.315 e. The van der Waals surface area contributed by atoms with Crippen molar-refractivity contribution in [1.29, 1.82) is 0 Å². The Kier molecular flexibility index (Phi) is 5.91. The largest absolute Gasteiger partial charge is 0.500 e. The maximum atomic E-state index is 11.8. The van der Waals surface area contributed by atoms with Crippen LogP contribution in [0.5, 0.6) is 11.5 Å². The van der Waals surface area contributed by atoms with E-state index in [1.165, 1.54) is 19.4 Å². The van der Waals surface area contributed by atoms with Crippen LogP contribution in [0, 0.1) is 10.1 Å². The topological polar surface area (TPSA) is 114 Å². The number of halogens is 1. The van der Waals surface area contributed by atoms with Crippen LogP contribution in [-0.4, -0.2) is 29.3 Å². The molecule has 0 heterocycles. The number of hydrazone groups is 1. The van der Waals surface area contributed by atoms with Crippen LogP contribution in [0.2, 0.25) is 5.02 Å². The van der Waals surface area contributed by atoms with Crippen LogP contribution in [0.25, 0.3) is 0 Å². The molecular formula is C16H14ClN3O5. The van der Waals surface area contributed by atoms with Gasteiger partial charge in [-0.15, -0.1) is 0 Å². The minimum Gasteiger partial charge on any atom is -0.500 e. The molecular weight excluding hydrogens is 350 g/mol. The first-order valence-corrected chi connectivity index (χ1v) is 7.40. The summed E-state index contributed by atoms with van der Waals surface area (Å²) >= 11 is 5.77. The number of carbonyl (C=O) groups is 1. The first-order valence-electron chi connectivity index (χ1n) is 7.02. The lowest BCUT2D eigenvalue weighted by Gasteiger charge is -2.05. The van der Waals surface area contributed by atoms with E-state index in [1.54, 1.807) is 24.3 Å². The molecule has 0 radical (unpaired) electrons. The van der Waals surface area contributed by atoms with Crippen molar-refractivity contribution >= 4 is 29.4 Å². The van der Waals surface area contributed by atoms with Crippen LogP contribution in [-0.2, 0) is 11.2 Å². The first-order chi connectivity index (χ1) is 11.9. The summed E-state index contributed by atoms with van der Waals surface area (Å²) in [7, 11) is 1.27. The summed E-state index contributed by atoms with van der Waals surface area (Å²) in [4.78, 5) is 22.0. The number of nitrogens with one attached hydrogen (secondary N) is 1. The third-order valence-electron chi connectivity index (χ3n) is 3.17. The van der Waals surface area contributed by atoms with Gasteiger partial charge in [0, 0.05) is 16.7 Å². The van der Waals surface area contributed by atoms with Crippen molar-refractivity contribution in [3.05, 3.63) is 62.7 Å². The molecule has 0 aromatic heterocycles. The molecule has 2 rings (SSSR count). The van der Waals surface area contributed by atoms with E-state index in [2.05, 4.69) is 10.5 Å². The molecule has 0 atom stereocenters. The van der Waals surface area contributed by atoms with Gasteiger partial charge in [-0.1, -0.05) is 23.7 Å². The molecule has 0 fully saturated rings. The number of ether oxygens (including phenoxy) is 1. The average Bonchev–Trinajstić information content (AvgIpc) is 2.58. The standard InChI is InChI=1S/C16H14ClN3O5/c1-25-14-7-11(6-13(16(14)22)20(23)24)9-18-19-15(21)8-10-2-4-12(17)5-3-10/h2-7,9,22H,8H2,1H3,(H,19,21)/b18-9+. The monoisotopic (exact) mass is 363 g/mol. The van der Waals surface area contributed by atoms with E-state index in [1.807, 2.05) is 0 Å². The van der Waals surface area contributed by atoms with Gasteiger partial charge in [0.2, 0.25) is 11.7 Å². The summed E-state index contributed by atoms with van der Waals surface area (Å²) in [5.41, 5.74) is 2.85. The lowest BCUT2D eigenvalue weighted by Crippen LogP contribution is -2.19. The van der Waals surface area contributed by atoms with Crippen LogP contribution in [0.3, 0.4) is 0 Å². The zero-order chi connectivity index (χ0) is 18.4. The molecule has 9 heteroatoms. The van der Waals surface area contributed by atoms with E-state index >= 15 is 0 Å². The molecule has 0 aliphatic carbocycles. The third-order valence-corrected chi connectivity index (χ3v) is 3.43. The number of nitro benzene ring substituents is 1. The normalized spacial score (nSPS) is 10.6. The predicted molar refractivity (Wildman–Crippen MR) is 92.2 cm³/mol. The summed E-state index contributed by atoms with van der Waals surface area (Å²) in [6.45, 7) is 0. The van der Waals surface area contributed by atoms with Crippen molar-refractivity contribution in [3.63, 3.8) is 0 Å². The number of benzene rings is 2. The first kappa shape index (κ1) is 18.2. The Bertz CT molecular complexity index is 821. The van der Waals surface area contributed by atoms with Gasteiger partial charge in [-0.2, -0.15) is 5.10 Å². The zero-order valence-electron chi connectivity index (χ0n) is 13.1. The van der Waals surface area contributed by atoms with E-state index in [-0.39, 0.29) is 23.6 Å². The third kappa shape index (κ3) is 4.92. The number of aromatic hydroxyl groups is 1. The average molecular weight is 364 g/mol. The van der Waals surface area contributed by atoms with E-state index in [0.717, 1.165) is 11.6 Å². The number of phenolic OH excluding ortho intramolecular Hbond substituents is 1. The fourth-order valence-corrected chi connectivity index (χ4v) is 2.12. The minimum atomic E-state index is -0.742. The van der Waals surface area contributed by atoms with Crippen molar-refractivity contribution in [3.8, 4) is 11.5 Å². The van der Waals surface area contributed by atoms with E-state index in [9.17, 15) is 20.0 Å².